The smallest absolute Gasteiger partial charge is 0 e. The Kier molecular flexibility index (Phi) is 22.2. The molecule has 6 saturated carbocycles. The summed E-state index contributed by atoms with van der Waals surface area (Å²) in [4.78, 5) is 0. The minimum Gasteiger partial charge on any atom is -0.346 e. The van der Waals surface area contributed by atoms with Crippen LogP contribution >= 0.6 is 37.2 Å². The summed E-state index contributed by atoms with van der Waals surface area (Å²) in [6.45, 7) is 39.1. The minimum atomic E-state index is 0. The minimum absolute atomic E-state index is 0. The molecule has 0 bridgehead atoms. The van der Waals surface area contributed by atoms with E-state index in [1.54, 1.807) is 20.3 Å². The maximum Gasteiger partial charge on any atom is 0 e. The molecule has 0 aliphatic heterocycles. The molecule has 0 aromatic rings. The van der Waals surface area contributed by atoms with Gasteiger partial charge in [-0.2, -0.15) is 25.7 Å². The van der Waals surface area contributed by atoms with Gasteiger partial charge < -0.3 is 27.7 Å². The van der Waals surface area contributed by atoms with Crippen molar-refractivity contribution in [2.45, 2.75) is 127 Å². The van der Waals surface area contributed by atoms with Crippen LogP contribution in [-0.4, -0.2) is 0 Å². The first-order valence-corrected chi connectivity index (χ1v) is 23.8. The van der Waals surface area contributed by atoms with Crippen molar-refractivity contribution in [2.75, 3.05) is 0 Å². The fourth-order valence-corrected chi connectivity index (χ4v) is 11.3. The molecule has 250 valence electrons. The van der Waals surface area contributed by atoms with Gasteiger partial charge in [0.1, 0.15) is 0 Å². The molecule has 6 aliphatic rings. The van der Waals surface area contributed by atoms with E-state index >= 15 is 0 Å². The van der Waals surface area contributed by atoms with Crippen LogP contribution in [0.15, 0.2) is 0 Å². The SMILES string of the molecule is II.[CH2-]C.[CH2-]C.[CH2-]C1C(C)C(C)C2CC3C(CC12)C(C)(C)CCC3(C)C.[CH2-]C1C(C)C(C)C2CC3CCCC3CC12.[Y].[Y]. The van der Waals surface area contributed by atoms with Crippen LogP contribution in [0.5, 0.6) is 0 Å². The summed E-state index contributed by atoms with van der Waals surface area (Å²) in [5, 5.41) is 0. The molecular weight excluding hydrogens is 900 g/mol. The van der Waals surface area contributed by atoms with Gasteiger partial charge in [0.2, 0.25) is 0 Å². The molecule has 14 atom stereocenters. The van der Waals surface area contributed by atoms with Gasteiger partial charge in [0.25, 0.3) is 0 Å². The average Bonchev–Trinajstić information content (AvgIpc) is 3.60. The Labute approximate surface area is 346 Å². The van der Waals surface area contributed by atoms with Crippen molar-refractivity contribution >= 4 is 37.2 Å². The van der Waals surface area contributed by atoms with Crippen LogP contribution in [0.1, 0.15) is 127 Å². The van der Waals surface area contributed by atoms with E-state index in [2.05, 4.69) is 120 Å². The Balaban J connectivity index is 0.000000687. The maximum absolute atomic E-state index is 4.58. The third-order valence-corrected chi connectivity index (χ3v) is 14.5. The molecule has 6 rings (SSSR count). The zero-order valence-electron chi connectivity index (χ0n) is 30.2. The molecule has 43 heavy (non-hydrogen) atoms. The zero-order chi connectivity index (χ0) is 31.4. The van der Waals surface area contributed by atoms with Crippen LogP contribution in [0.25, 0.3) is 0 Å². The monoisotopic (exact) mass is 970 g/mol. The first-order chi connectivity index (χ1) is 19.3. The van der Waals surface area contributed by atoms with Crippen molar-refractivity contribution < 1.29 is 65.4 Å². The van der Waals surface area contributed by atoms with E-state index in [9.17, 15) is 0 Å². The first-order valence-electron chi connectivity index (χ1n) is 17.5. The molecule has 0 N–H and O–H groups in total. The van der Waals surface area contributed by atoms with Crippen LogP contribution < -0.4 is 0 Å². The molecule has 0 nitrogen and oxygen atoms in total. The Morgan fingerprint density at radius 1 is 0.512 bits per heavy atom. The van der Waals surface area contributed by atoms with Crippen LogP contribution in [0.3, 0.4) is 0 Å². The van der Waals surface area contributed by atoms with Crippen molar-refractivity contribution in [1.82, 2.24) is 0 Å². The van der Waals surface area contributed by atoms with E-state index in [1.807, 2.05) is 0 Å². The van der Waals surface area contributed by atoms with Crippen LogP contribution in [0.2, 0.25) is 0 Å². The summed E-state index contributed by atoms with van der Waals surface area (Å²) in [5.74, 6) is 13.0. The van der Waals surface area contributed by atoms with Crippen LogP contribution in [0, 0.1) is 121 Å². The summed E-state index contributed by atoms with van der Waals surface area (Å²) in [6, 6.07) is 0. The molecule has 0 aromatic carbocycles. The summed E-state index contributed by atoms with van der Waals surface area (Å²) >= 11 is 4.24. The fraction of sp³-hybridized carbons (Fsp3) is 0.897. The number of halogens is 2. The summed E-state index contributed by atoms with van der Waals surface area (Å²) in [6.07, 6.45) is 13.5. The molecule has 0 amide bonds. The Bertz CT molecular complexity index is 708. The molecular formula is C39H70I2Y2-4. The normalized spacial score (nSPS) is 45.8. The van der Waals surface area contributed by atoms with Gasteiger partial charge >= 0.3 is 0 Å². The summed E-state index contributed by atoms with van der Waals surface area (Å²) < 4.78 is 0. The molecule has 0 heterocycles. The predicted molar refractivity (Wildman–Crippen MR) is 201 cm³/mol. The van der Waals surface area contributed by atoms with Crippen molar-refractivity contribution in [2.24, 2.45) is 93.7 Å². The number of rotatable bonds is 0. The van der Waals surface area contributed by atoms with Gasteiger partial charge in [0, 0.05) is 103 Å². The van der Waals surface area contributed by atoms with Crippen molar-refractivity contribution in [1.29, 1.82) is 0 Å². The van der Waals surface area contributed by atoms with Gasteiger partial charge in [-0.05, 0) is 96.7 Å². The van der Waals surface area contributed by atoms with Gasteiger partial charge in [0.05, 0.1) is 0 Å². The molecule has 0 aromatic heterocycles. The van der Waals surface area contributed by atoms with Gasteiger partial charge in [-0.1, -0.05) is 98.3 Å². The number of hydrogen-bond acceptors (Lipinski definition) is 0. The second-order valence-electron chi connectivity index (χ2n) is 16.5. The standard InChI is InChI=1S/C20H35.C15H25.2C2H5.I2.2Y/c1-12-13(2)15-10-17-18(11-16(15)14(12)3)20(6,7)9-8-19(17,4)5;1-9-10(2)14-7-12-5-4-6-13(12)8-15(14)11(9)3;3*1-2;;/h12-18H,2,8-11H2,1,3-7H3;9-15H,2,4-8H2,1,3H3;2*1H2,2H3;;;/q4*-1;;;. The number of hydrogen-bond donors (Lipinski definition) is 0. The van der Waals surface area contributed by atoms with Crippen molar-refractivity contribution in [3.8, 4) is 0 Å². The van der Waals surface area contributed by atoms with Crippen molar-refractivity contribution in [3.05, 3.63) is 27.7 Å². The van der Waals surface area contributed by atoms with E-state index in [4.69, 9.17) is 0 Å². The Morgan fingerprint density at radius 2 is 0.814 bits per heavy atom. The molecule has 0 saturated heterocycles. The largest absolute Gasteiger partial charge is 0.346 e. The zero-order valence-corrected chi connectivity index (χ0v) is 40.2. The Morgan fingerprint density at radius 3 is 1.21 bits per heavy atom. The topological polar surface area (TPSA) is 0 Å². The molecule has 6 fully saturated rings. The van der Waals surface area contributed by atoms with Gasteiger partial charge in [-0.3, -0.25) is 0 Å². The van der Waals surface area contributed by atoms with E-state index in [-0.39, 0.29) is 65.4 Å². The van der Waals surface area contributed by atoms with E-state index in [0.717, 1.165) is 76.9 Å². The quantitative estimate of drug-likeness (QED) is 0.168. The summed E-state index contributed by atoms with van der Waals surface area (Å²) in [5.41, 5.74) is 1.12. The average molecular weight is 971 g/mol. The first kappa shape index (κ1) is 46.7. The van der Waals surface area contributed by atoms with Crippen LogP contribution in [-0.2, 0) is 65.4 Å². The molecule has 2 radical (unpaired) electrons. The molecule has 0 spiro atoms. The van der Waals surface area contributed by atoms with E-state index < -0.39 is 0 Å². The maximum atomic E-state index is 4.58. The van der Waals surface area contributed by atoms with Gasteiger partial charge in [-0.25, -0.2) is 0 Å². The molecule has 14 unspecified atom stereocenters. The van der Waals surface area contributed by atoms with Crippen molar-refractivity contribution in [3.63, 3.8) is 0 Å². The van der Waals surface area contributed by atoms with Gasteiger partial charge in [-0.15, -0.1) is 0 Å². The van der Waals surface area contributed by atoms with E-state index in [0.29, 0.717) is 16.7 Å². The molecule has 6 aliphatic carbocycles. The second-order valence-corrected chi connectivity index (χ2v) is 16.5. The third kappa shape index (κ3) is 10.1. The molecule has 4 heteroatoms. The van der Waals surface area contributed by atoms with Crippen LogP contribution in [0.4, 0.5) is 0 Å². The Hall–Kier alpha value is 3.67. The second kappa shape index (κ2) is 20.5. The number of fused-ring (bicyclic) bond motifs is 4. The third-order valence-electron chi connectivity index (χ3n) is 14.5. The summed E-state index contributed by atoms with van der Waals surface area (Å²) in [7, 11) is 0. The predicted octanol–water partition coefficient (Wildman–Crippen LogP) is 13.4. The fourth-order valence-electron chi connectivity index (χ4n) is 11.3. The van der Waals surface area contributed by atoms with Gasteiger partial charge in [0.15, 0.2) is 0 Å². The van der Waals surface area contributed by atoms with E-state index in [1.165, 1.54) is 51.4 Å².